The first-order valence-corrected chi connectivity index (χ1v) is 15.3. The average molecular weight is 588 g/mol. The fourth-order valence-electron chi connectivity index (χ4n) is 5.43. The SMILES string of the molecule is CC1(C)OB(c2ccc(-c3nc(-c4ccc(-c5ccccc5)cc4)cc(-c4ccc(-c5ccccc5)nc4)n3)cc2)OC1(C)C. The van der Waals surface area contributed by atoms with E-state index >= 15 is 0 Å². The van der Waals surface area contributed by atoms with Crippen molar-refractivity contribution in [2.24, 2.45) is 0 Å². The van der Waals surface area contributed by atoms with Crippen molar-refractivity contribution >= 4 is 12.6 Å². The number of aromatic nitrogens is 3. The summed E-state index contributed by atoms with van der Waals surface area (Å²) in [6.45, 7) is 8.26. The predicted molar refractivity (Wildman–Crippen MR) is 183 cm³/mol. The number of nitrogens with zero attached hydrogens (tertiary/aromatic N) is 3. The van der Waals surface area contributed by atoms with Crippen LogP contribution in [0.4, 0.5) is 0 Å². The maximum atomic E-state index is 6.27. The Morgan fingerprint density at radius 2 is 0.933 bits per heavy atom. The van der Waals surface area contributed by atoms with Crippen LogP contribution in [0.1, 0.15) is 27.7 Å². The third-order valence-corrected chi connectivity index (χ3v) is 8.84. The van der Waals surface area contributed by atoms with Crippen molar-refractivity contribution in [2.75, 3.05) is 0 Å². The van der Waals surface area contributed by atoms with Gasteiger partial charge in [0.15, 0.2) is 5.82 Å². The lowest BCUT2D eigenvalue weighted by atomic mass is 9.79. The minimum Gasteiger partial charge on any atom is -0.399 e. The molecule has 0 amide bonds. The molecule has 6 aromatic rings. The normalized spacial score (nSPS) is 15.2. The predicted octanol–water partition coefficient (Wildman–Crippen LogP) is 8.51. The van der Waals surface area contributed by atoms with Crippen LogP contribution < -0.4 is 5.46 Å². The van der Waals surface area contributed by atoms with E-state index in [1.807, 2.05) is 66.9 Å². The summed E-state index contributed by atoms with van der Waals surface area (Å²) in [5.41, 5.74) is 9.01. The van der Waals surface area contributed by atoms with E-state index in [4.69, 9.17) is 24.3 Å². The van der Waals surface area contributed by atoms with E-state index in [1.54, 1.807) is 0 Å². The first kappa shape index (κ1) is 28.8. The van der Waals surface area contributed by atoms with E-state index in [0.29, 0.717) is 5.82 Å². The van der Waals surface area contributed by atoms with Crippen molar-refractivity contribution in [3.63, 3.8) is 0 Å². The van der Waals surface area contributed by atoms with Gasteiger partial charge in [0.2, 0.25) is 0 Å². The van der Waals surface area contributed by atoms with E-state index in [-0.39, 0.29) is 0 Å². The second-order valence-electron chi connectivity index (χ2n) is 12.4. The summed E-state index contributed by atoms with van der Waals surface area (Å²) in [4.78, 5) is 14.8. The molecular weight excluding hydrogens is 553 g/mol. The van der Waals surface area contributed by atoms with Crippen LogP contribution in [0.15, 0.2) is 134 Å². The molecule has 1 saturated heterocycles. The smallest absolute Gasteiger partial charge is 0.399 e. The third-order valence-electron chi connectivity index (χ3n) is 8.84. The van der Waals surface area contributed by atoms with Crippen LogP contribution in [0.25, 0.3) is 56.3 Å². The van der Waals surface area contributed by atoms with Gasteiger partial charge in [-0.25, -0.2) is 9.97 Å². The van der Waals surface area contributed by atoms with Crippen LogP contribution in [0.2, 0.25) is 0 Å². The second kappa shape index (κ2) is 11.5. The van der Waals surface area contributed by atoms with E-state index in [2.05, 4.69) is 94.4 Å². The quantitative estimate of drug-likeness (QED) is 0.183. The van der Waals surface area contributed by atoms with E-state index in [9.17, 15) is 0 Å². The van der Waals surface area contributed by atoms with Gasteiger partial charge in [-0.15, -0.1) is 0 Å². The van der Waals surface area contributed by atoms with Crippen LogP contribution in [-0.2, 0) is 9.31 Å². The first-order valence-electron chi connectivity index (χ1n) is 15.3. The fraction of sp³-hybridized carbons (Fsp3) is 0.154. The molecule has 0 atom stereocenters. The van der Waals surface area contributed by atoms with Crippen molar-refractivity contribution < 1.29 is 9.31 Å². The van der Waals surface area contributed by atoms with Gasteiger partial charge in [-0.2, -0.15) is 0 Å². The topological polar surface area (TPSA) is 57.1 Å². The largest absolute Gasteiger partial charge is 0.494 e. The highest BCUT2D eigenvalue weighted by Crippen LogP contribution is 2.37. The first-order chi connectivity index (χ1) is 21.8. The Balaban J connectivity index is 1.25. The third kappa shape index (κ3) is 5.83. The Morgan fingerprint density at radius 1 is 0.467 bits per heavy atom. The molecule has 0 bridgehead atoms. The van der Waals surface area contributed by atoms with Crippen molar-refractivity contribution in [1.82, 2.24) is 15.0 Å². The lowest BCUT2D eigenvalue weighted by Gasteiger charge is -2.32. The molecule has 0 unspecified atom stereocenters. The number of hydrogen-bond acceptors (Lipinski definition) is 5. The van der Waals surface area contributed by atoms with Crippen molar-refractivity contribution in [1.29, 1.82) is 0 Å². The molecular formula is C39H34BN3O2. The van der Waals surface area contributed by atoms with Gasteiger partial charge in [-0.05, 0) is 62.5 Å². The Hall–Kier alpha value is -4.91. The van der Waals surface area contributed by atoms with Gasteiger partial charge in [0.05, 0.1) is 28.3 Å². The highest BCUT2D eigenvalue weighted by atomic mass is 16.7. The summed E-state index contributed by atoms with van der Waals surface area (Å²) in [6, 6.07) is 43.4. The molecule has 0 N–H and O–H groups in total. The molecule has 1 aliphatic rings. The average Bonchev–Trinajstić information content (AvgIpc) is 3.31. The summed E-state index contributed by atoms with van der Waals surface area (Å²) in [6.07, 6.45) is 1.89. The zero-order chi connectivity index (χ0) is 31.0. The van der Waals surface area contributed by atoms with E-state index in [1.165, 1.54) is 5.56 Å². The van der Waals surface area contributed by atoms with Crippen molar-refractivity contribution in [2.45, 2.75) is 38.9 Å². The van der Waals surface area contributed by atoms with Crippen LogP contribution in [0.5, 0.6) is 0 Å². The molecule has 6 heteroatoms. The van der Waals surface area contributed by atoms with Crippen molar-refractivity contribution in [3.8, 4) is 56.3 Å². The van der Waals surface area contributed by atoms with Gasteiger partial charge >= 0.3 is 7.12 Å². The number of pyridine rings is 1. The molecule has 5 nitrogen and oxygen atoms in total. The molecule has 45 heavy (non-hydrogen) atoms. The maximum absolute atomic E-state index is 6.27. The molecule has 0 saturated carbocycles. The molecule has 2 aromatic heterocycles. The Bertz CT molecular complexity index is 1810. The van der Waals surface area contributed by atoms with Gasteiger partial charge in [0.1, 0.15) is 0 Å². The fourth-order valence-corrected chi connectivity index (χ4v) is 5.43. The highest BCUT2D eigenvalue weighted by Gasteiger charge is 2.51. The highest BCUT2D eigenvalue weighted by molar-refractivity contribution is 6.62. The Kier molecular flexibility index (Phi) is 7.40. The molecule has 1 fully saturated rings. The Morgan fingerprint density at radius 3 is 1.51 bits per heavy atom. The van der Waals surface area contributed by atoms with E-state index < -0.39 is 18.3 Å². The molecule has 7 rings (SSSR count). The molecule has 4 aromatic carbocycles. The maximum Gasteiger partial charge on any atom is 0.494 e. The summed E-state index contributed by atoms with van der Waals surface area (Å²) in [5, 5.41) is 0. The second-order valence-corrected chi connectivity index (χ2v) is 12.4. The summed E-state index contributed by atoms with van der Waals surface area (Å²) >= 11 is 0. The summed E-state index contributed by atoms with van der Waals surface area (Å²) in [5.74, 6) is 0.641. The minimum atomic E-state index is -0.427. The number of benzene rings is 4. The summed E-state index contributed by atoms with van der Waals surface area (Å²) < 4.78 is 12.5. The molecule has 3 heterocycles. The monoisotopic (exact) mass is 587 g/mol. The molecule has 220 valence electrons. The molecule has 0 radical (unpaired) electrons. The van der Waals surface area contributed by atoms with Gasteiger partial charge in [-0.3, -0.25) is 4.98 Å². The lowest BCUT2D eigenvalue weighted by Crippen LogP contribution is -2.41. The van der Waals surface area contributed by atoms with Gasteiger partial charge in [-0.1, -0.05) is 109 Å². The zero-order valence-electron chi connectivity index (χ0n) is 25.9. The molecule has 1 aliphatic heterocycles. The van der Waals surface area contributed by atoms with Crippen LogP contribution >= 0.6 is 0 Å². The van der Waals surface area contributed by atoms with Crippen LogP contribution in [0, 0.1) is 0 Å². The lowest BCUT2D eigenvalue weighted by molar-refractivity contribution is 0.00578. The number of rotatable bonds is 6. The van der Waals surface area contributed by atoms with Crippen LogP contribution in [-0.4, -0.2) is 33.3 Å². The van der Waals surface area contributed by atoms with Gasteiger partial charge < -0.3 is 9.31 Å². The Labute approximate surface area is 265 Å². The van der Waals surface area contributed by atoms with Crippen LogP contribution in [0.3, 0.4) is 0 Å². The van der Waals surface area contributed by atoms with Gasteiger partial charge in [0, 0.05) is 28.5 Å². The molecule has 0 aliphatic carbocycles. The molecule has 0 spiro atoms. The summed E-state index contributed by atoms with van der Waals surface area (Å²) in [7, 11) is -0.427. The zero-order valence-corrected chi connectivity index (χ0v) is 25.9. The van der Waals surface area contributed by atoms with Gasteiger partial charge in [0.25, 0.3) is 0 Å². The van der Waals surface area contributed by atoms with E-state index in [0.717, 1.165) is 50.4 Å². The van der Waals surface area contributed by atoms with Crippen molar-refractivity contribution in [3.05, 3.63) is 134 Å². The minimum absolute atomic E-state index is 0.400. The standard InChI is InChI=1S/C39H34BN3O2/c1-38(2)39(3,4)45-40(44-38)33-22-19-31(20-23-33)37-42-35(30-17-15-28(16-18-30)27-11-7-5-8-12-27)25-36(43-37)32-21-24-34(41-26-32)29-13-9-6-10-14-29/h5-26H,1-4H3. The number of hydrogen-bond donors (Lipinski definition) is 0.